The zero-order valence-electron chi connectivity index (χ0n) is 19.3. The molecule has 30 heavy (non-hydrogen) atoms. The van der Waals surface area contributed by atoms with Gasteiger partial charge in [0.1, 0.15) is 0 Å². The van der Waals surface area contributed by atoms with Gasteiger partial charge in [0.2, 0.25) is 0 Å². The maximum Gasteiger partial charge on any atom is 0.340 e. The second kappa shape index (κ2) is 15.2. The summed E-state index contributed by atoms with van der Waals surface area (Å²) >= 11 is 0. The van der Waals surface area contributed by atoms with Crippen LogP contribution in [0.3, 0.4) is 0 Å². The van der Waals surface area contributed by atoms with E-state index in [9.17, 15) is 26.7 Å². The zero-order chi connectivity index (χ0) is 23.1. The number of carboxylic acid groups (broad SMARTS) is 1. The van der Waals surface area contributed by atoms with Gasteiger partial charge in [-0.3, -0.25) is 0 Å². The van der Waals surface area contributed by atoms with Crippen molar-refractivity contribution in [3.8, 4) is 0 Å². The SMILES string of the molecule is CCCCCCCCCCCCCCCCC(C(=O)O)(S(=O)(=O)CC)S(=O)(=O)CC. The molecule has 0 aliphatic rings. The minimum Gasteiger partial charge on any atom is -0.479 e. The Morgan fingerprint density at radius 1 is 0.600 bits per heavy atom. The van der Waals surface area contributed by atoms with Crippen LogP contribution >= 0.6 is 0 Å². The topological polar surface area (TPSA) is 106 Å². The first-order chi connectivity index (χ1) is 14.1. The van der Waals surface area contributed by atoms with Gasteiger partial charge in [-0.05, 0) is 6.42 Å². The van der Waals surface area contributed by atoms with Crippen LogP contribution in [0.5, 0.6) is 0 Å². The predicted octanol–water partition coefficient (Wildman–Crippen LogP) is 5.51. The molecule has 0 spiro atoms. The molecule has 0 aliphatic carbocycles. The van der Waals surface area contributed by atoms with Gasteiger partial charge in [0.25, 0.3) is 4.08 Å². The zero-order valence-corrected chi connectivity index (χ0v) is 21.0. The largest absolute Gasteiger partial charge is 0.479 e. The van der Waals surface area contributed by atoms with Crippen molar-refractivity contribution < 1.29 is 26.7 Å². The first-order valence-electron chi connectivity index (χ1n) is 11.8. The van der Waals surface area contributed by atoms with E-state index in [-0.39, 0.29) is 12.8 Å². The number of sulfone groups is 2. The maximum absolute atomic E-state index is 12.5. The van der Waals surface area contributed by atoms with Crippen molar-refractivity contribution in [3.05, 3.63) is 0 Å². The van der Waals surface area contributed by atoms with Crippen LogP contribution in [-0.4, -0.2) is 43.5 Å². The number of carbonyl (C=O) groups is 1. The second-order valence-corrected chi connectivity index (χ2v) is 13.5. The molecule has 0 saturated heterocycles. The van der Waals surface area contributed by atoms with Gasteiger partial charge in [-0.2, -0.15) is 0 Å². The predicted molar refractivity (Wildman–Crippen MR) is 124 cm³/mol. The monoisotopic (exact) mass is 468 g/mol. The fraction of sp³-hybridized carbons (Fsp3) is 0.955. The standard InChI is InChI=1S/C22H44O6S2/c1-4-7-8-9-10-11-12-13-14-15-16-17-18-19-20-22(21(23)24,29(25,26)5-2)30(27,28)6-3/h4-20H2,1-3H3,(H,23,24). The van der Waals surface area contributed by atoms with Crippen LogP contribution in [0.25, 0.3) is 0 Å². The van der Waals surface area contributed by atoms with Gasteiger partial charge in [0, 0.05) is 11.5 Å². The van der Waals surface area contributed by atoms with Gasteiger partial charge in [-0.15, -0.1) is 0 Å². The molecule has 0 aromatic heterocycles. The second-order valence-electron chi connectivity index (χ2n) is 8.21. The van der Waals surface area contributed by atoms with Crippen molar-refractivity contribution in [2.24, 2.45) is 0 Å². The van der Waals surface area contributed by atoms with Crippen LogP contribution < -0.4 is 0 Å². The van der Waals surface area contributed by atoms with Crippen molar-refractivity contribution in [1.29, 1.82) is 0 Å². The molecule has 180 valence electrons. The Morgan fingerprint density at radius 3 is 1.17 bits per heavy atom. The lowest BCUT2D eigenvalue weighted by atomic mass is 10.0. The Labute approximate surface area is 185 Å². The molecule has 0 saturated carbocycles. The van der Waals surface area contributed by atoms with Gasteiger partial charge in [0.15, 0.2) is 19.7 Å². The van der Waals surface area contributed by atoms with Crippen LogP contribution in [0.1, 0.15) is 117 Å². The van der Waals surface area contributed by atoms with Gasteiger partial charge >= 0.3 is 5.97 Å². The van der Waals surface area contributed by atoms with Gasteiger partial charge in [0.05, 0.1) is 0 Å². The molecule has 0 radical (unpaired) electrons. The Kier molecular flexibility index (Phi) is 14.9. The number of rotatable bonds is 20. The third kappa shape index (κ3) is 8.85. The van der Waals surface area contributed by atoms with E-state index >= 15 is 0 Å². The van der Waals surface area contributed by atoms with E-state index in [4.69, 9.17) is 0 Å². The molecule has 8 heteroatoms. The molecule has 0 amide bonds. The van der Waals surface area contributed by atoms with Gasteiger partial charge < -0.3 is 5.11 Å². The minimum atomic E-state index is -4.30. The van der Waals surface area contributed by atoms with E-state index in [1.165, 1.54) is 71.6 Å². The Morgan fingerprint density at radius 2 is 0.900 bits per heavy atom. The lowest BCUT2D eigenvalue weighted by molar-refractivity contribution is -0.137. The third-order valence-corrected chi connectivity index (χ3v) is 11.8. The molecule has 0 bridgehead atoms. The number of aliphatic carboxylic acids is 1. The normalized spacial score (nSPS) is 12.9. The quantitative estimate of drug-likeness (QED) is 0.236. The molecule has 0 aliphatic heterocycles. The Bertz CT molecular complexity index is 634. The summed E-state index contributed by atoms with van der Waals surface area (Å²) < 4.78 is 47.2. The van der Waals surface area contributed by atoms with Crippen LogP contribution in [0.15, 0.2) is 0 Å². The highest BCUT2D eigenvalue weighted by molar-refractivity contribution is 8.11. The first-order valence-corrected chi connectivity index (χ1v) is 15.1. The molecule has 0 rings (SSSR count). The minimum absolute atomic E-state index is 0.280. The van der Waals surface area contributed by atoms with Crippen molar-refractivity contribution in [2.75, 3.05) is 11.5 Å². The van der Waals surface area contributed by atoms with Gasteiger partial charge in [-0.25, -0.2) is 21.6 Å². The van der Waals surface area contributed by atoms with E-state index in [1.807, 2.05) is 0 Å². The highest BCUT2D eigenvalue weighted by Gasteiger charge is 2.59. The summed E-state index contributed by atoms with van der Waals surface area (Å²) in [6.45, 7) is 4.82. The van der Waals surface area contributed by atoms with Crippen molar-refractivity contribution in [3.63, 3.8) is 0 Å². The summed E-state index contributed by atoms with van der Waals surface area (Å²) in [5, 5.41) is 9.60. The van der Waals surface area contributed by atoms with Crippen molar-refractivity contribution >= 4 is 25.6 Å². The number of hydrogen-bond acceptors (Lipinski definition) is 5. The molecule has 0 fully saturated rings. The van der Waals surface area contributed by atoms with E-state index in [0.29, 0.717) is 6.42 Å². The van der Waals surface area contributed by atoms with E-state index in [0.717, 1.165) is 19.3 Å². The number of carboxylic acids is 1. The van der Waals surface area contributed by atoms with Crippen LogP contribution in [0.2, 0.25) is 0 Å². The highest BCUT2D eigenvalue weighted by Crippen LogP contribution is 2.33. The van der Waals surface area contributed by atoms with Crippen LogP contribution in [-0.2, 0) is 24.5 Å². The van der Waals surface area contributed by atoms with E-state index < -0.39 is 41.2 Å². The molecular formula is C22H44O6S2. The number of unbranched alkanes of at least 4 members (excludes halogenated alkanes) is 13. The summed E-state index contributed by atoms with van der Waals surface area (Å²) in [5.74, 6) is -2.77. The molecule has 0 unspecified atom stereocenters. The lowest BCUT2D eigenvalue weighted by Gasteiger charge is -2.28. The highest BCUT2D eigenvalue weighted by atomic mass is 32.3. The Hall–Kier alpha value is -0.630. The van der Waals surface area contributed by atoms with Crippen molar-refractivity contribution in [1.82, 2.24) is 0 Å². The summed E-state index contributed by atoms with van der Waals surface area (Å²) in [6.07, 6.45) is 15.2. The van der Waals surface area contributed by atoms with E-state index in [2.05, 4.69) is 6.92 Å². The summed E-state index contributed by atoms with van der Waals surface area (Å²) in [7, 11) is -8.59. The number of hydrogen-bond donors (Lipinski definition) is 1. The molecule has 0 atom stereocenters. The third-order valence-electron chi connectivity index (χ3n) is 5.95. The van der Waals surface area contributed by atoms with Crippen LogP contribution in [0.4, 0.5) is 0 Å². The smallest absolute Gasteiger partial charge is 0.340 e. The summed E-state index contributed by atoms with van der Waals surface area (Å²) in [6, 6.07) is 0. The van der Waals surface area contributed by atoms with Crippen molar-refractivity contribution in [2.45, 2.75) is 121 Å². The average Bonchev–Trinajstić information content (AvgIpc) is 2.70. The van der Waals surface area contributed by atoms with E-state index in [1.54, 1.807) is 0 Å². The average molecular weight is 469 g/mol. The molecule has 1 N–H and O–H groups in total. The maximum atomic E-state index is 12.5. The summed E-state index contributed by atoms with van der Waals surface area (Å²) in [4.78, 5) is 11.8. The Balaban J connectivity index is 4.28. The lowest BCUT2D eigenvalue weighted by Crippen LogP contribution is -2.54. The first kappa shape index (κ1) is 29.4. The van der Waals surface area contributed by atoms with Crippen LogP contribution in [0, 0.1) is 0 Å². The van der Waals surface area contributed by atoms with Gasteiger partial charge in [-0.1, -0.05) is 111 Å². The molecule has 6 nitrogen and oxygen atoms in total. The summed E-state index contributed by atoms with van der Waals surface area (Å²) in [5.41, 5.74) is 0. The fourth-order valence-electron chi connectivity index (χ4n) is 3.90. The molecule has 0 heterocycles. The molecule has 0 aromatic carbocycles. The fourth-order valence-corrected chi connectivity index (χ4v) is 8.53. The molecule has 0 aromatic rings. The molecular weight excluding hydrogens is 424 g/mol.